The predicted octanol–water partition coefficient (Wildman–Crippen LogP) is 0.492. The topological polar surface area (TPSA) is 4.36 Å². The molecule has 0 aromatic heterocycles. The first-order chi connectivity index (χ1) is 2.41. The molecule has 0 spiro atoms. The van der Waals surface area contributed by atoms with Gasteiger partial charge in [-0.2, -0.15) is 0 Å². The van der Waals surface area contributed by atoms with Crippen LogP contribution in [0.15, 0.2) is 0 Å². The molecule has 0 aliphatic rings. The molecule has 0 aliphatic heterocycles. The van der Waals surface area contributed by atoms with Crippen LogP contribution in [0.25, 0.3) is 4.85 Å². The Bertz CT molecular complexity index is 45.3. The van der Waals surface area contributed by atoms with Crippen LogP contribution in [-0.4, -0.2) is 28.8 Å². The van der Waals surface area contributed by atoms with Gasteiger partial charge in [0.2, 0.25) is 0 Å². The third-order valence-corrected chi connectivity index (χ3v) is 0.724. The van der Waals surface area contributed by atoms with Crippen molar-refractivity contribution < 1.29 is 0 Å². The van der Waals surface area contributed by atoms with Crippen LogP contribution in [0.1, 0.15) is 0 Å². The molecule has 27 valence electrons. The van der Waals surface area contributed by atoms with E-state index in [0.717, 1.165) is 4.47 Å². The summed E-state index contributed by atoms with van der Waals surface area (Å²) in [6.45, 7) is 6.91. The second-order valence-corrected chi connectivity index (χ2v) is 1.75. The molecule has 0 rings (SSSR count). The van der Waals surface area contributed by atoms with Gasteiger partial charge in [0.15, 0.2) is 0 Å². The van der Waals surface area contributed by atoms with E-state index >= 15 is 0 Å². The molecular formula is C3H4NTe. The van der Waals surface area contributed by atoms with Gasteiger partial charge in [0.05, 0.1) is 0 Å². The van der Waals surface area contributed by atoms with E-state index in [-0.39, 0.29) is 0 Å². The molecule has 0 N–H and O–H groups in total. The summed E-state index contributed by atoms with van der Waals surface area (Å²) in [5, 5.41) is 0. The minimum atomic E-state index is 0.685. The number of hydrogen-bond acceptors (Lipinski definition) is 0. The third kappa shape index (κ3) is 4.28. The van der Waals surface area contributed by atoms with Crippen LogP contribution in [0.5, 0.6) is 0 Å². The Morgan fingerprint density at radius 1 is 1.80 bits per heavy atom. The molecule has 0 aromatic rings. The summed E-state index contributed by atoms with van der Waals surface area (Å²) in [7, 11) is 0. The molecule has 2 heteroatoms. The fraction of sp³-hybridized carbons (Fsp3) is 0.667. The predicted molar refractivity (Wildman–Crippen MR) is 22.0 cm³/mol. The quantitative estimate of drug-likeness (QED) is 0.410. The van der Waals surface area contributed by atoms with E-state index in [0.29, 0.717) is 6.54 Å². The van der Waals surface area contributed by atoms with E-state index in [1.165, 1.54) is 0 Å². The Morgan fingerprint density at radius 3 is 2.40 bits per heavy atom. The van der Waals surface area contributed by atoms with Crippen molar-refractivity contribution in [3.63, 3.8) is 0 Å². The Kier molecular flexibility index (Phi) is 4.52. The molecule has 0 saturated heterocycles. The van der Waals surface area contributed by atoms with E-state index in [9.17, 15) is 0 Å². The SMILES string of the molecule is [C-]#[N+]CC[Te]. The fourth-order valence-corrected chi connectivity index (χ4v) is 0.306. The molecule has 1 nitrogen and oxygen atoms in total. The van der Waals surface area contributed by atoms with Gasteiger partial charge in [-0.15, -0.1) is 0 Å². The van der Waals surface area contributed by atoms with E-state index in [2.05, 4.69) is 4.85 Å². The summed E-state index contributed by atoms with van der Waals surface area (Å²) in [6.07, 6.45) is 0. The van der Waals surface area contributed by atoms with Crippen LogP contribution in [0.4, 0.5) is 0 Å². The fourth-order valence-electron chi connectivity index (χ4n) is 0.0456. The van der Waals surface area contributed by atoms with Gasteiger partial charge in [-0.25, -0.2) is 0 Å². The standard InChI is InChI=1S/C3H4NTe/c1-4-2-3-5/h2-3H2. The van der Waals surface area contributed by atoms with Crippen molar-refractivity contribution >= 4 is 22.3 Å². The van der Waals surface area contributed by atoms with Crippen molar-refractivity contribution in [2.75, 3.05) is 6.54 Å². The van der Waals surface area contributed by atoms with Crippen molar-refractivity contribution in [2.24, 2.45) is 0 Å². The molecule has 0 heterocycles. The number of nitrogens with zero attached hydrogens (tertiary/aromatic N) is 1. The molecule has 0 aromatic carbocycles. The average Bonchev–Trinajstić information content (AvgIpc) is 1.41. The van der Waals surface area contributed by atoms with Gasteiger partial charge in [-0.3, -0.25) is 0 Å². The molecule has 0 amide bonds. The average molecular weight is 182 g/mol. The summed E-state index contributed by atoms with van der Waals surface area (Å²) in [6, 6.07) is 0. The van der Waals surface area contributed by atoms with Crippen LogP contribution in [0.3, 0.4) is 0 Å². The summed E-state index contributed by atoms with van der Waals surface area (Å²) in [5.41, 5.74) is 0. The van der Waals surface area contributed by atoms with E-state index in [1.807, 2.05) is 22.3 Å². The third-order valence-electron chi connectivity index (χ3n) is 0.203. The molecule has 0 aliphatic carbocycles. The molecular weight excluding hydrogens is 178 g/mol. The van der Waals surface area contributed by atoms with Gasteiger partial charge >= 0.3 is 44.7 Å². The van der Waals surface area contributed by atoms with Crippen LogP contribution in [0.2, 0.25) is 4.47 Å². The zero-order chi connectivity index (χ0) is 4.12. The Labute approximate surface area is 45.1 Å². The van der Waals surface area contributed by atoms with Crippen molar-refractivity contribution in [1.29, 1.82) is 0 Å². The molecule has 1 radical (unpaired) electrons. The molecule has 0 bridgehead atoms. The van der Waals surface area contributed by atoms with Gasteiger partial charge in [0, 0.05) is 0 Å². The molecule has 0 unspecified atom stereocenters. The maximum atomic E-state index is 6.23. The van der Waals surface area contributed by atoms with E-state index in [1.54, 1.807) is 0 Å². The molecule has 0 fully saturated rings. The van der Waals surface area contributed by atoms with Gasteiger partial charge in [0.1, 0.15) is 0 Å². The van der Waals surface area contributed by atoms with Gasteiger partial charge in [-0.1, -0.05) is 0 Å². The Morgan fingerprint density at radius 2 is 2.40 bits per heavy atom. The van der Waals surface area contributed by atoms with Gasteiger partial charge in [0.25, 0.3) is 0 Å². The Hall–Kier alpha value is 0.280. The first-order valence-corrected chi connectivity index (χ1v) is 2.98. The second kappa shape index (κ2) is 4.28. The number of rotatable bonds is 1. The zero-order valence-corrected chi connectivity index (χ0v) is 5.10. The summed E-state index contributed by atoms with van der Waals surface area (Å²) >= 11 is 1.94. The van der Waals surface area contributed by atoms with Gasteiger partial charge < -0.3 is 0 Å². The van der Waals surface area contributed by atoms with Crippen LogP contribution in [0, 0.1) is 6.57 Å². The van der Waals surface area contributed by atoms with Crippen molar-refractivity contribution in [2.45, 2.75) is 4.47 Å². The van der Waals surface area contributed by atoms with E-state index < -0.39 is 0 Å². The van der Waals surface area contributed by atoms with Crippen LogP contribution in [-0.2, 0) is 0 Å². The van der Waals surface area contributed by atoms with Crippen LogP contribution >= 0.6 is 0 Å². The first kappa shape index (κ1) is 5.28. The van der Waals surface area contributed by atoms with Crippen molar-refractivity contribution in [3.05, 3.63) is 11.4 Å². The van der Waals surface area contributed by atoms with Crippen molar-refractivity contribution in [1.82, 2.24) is 0 Å². The molecule has 0 atom stereocenters. The summed E-state index contributed by atoms with van der Waals surface area (Å²) in [4.78, 5) is 3.11. The van der Waals surface area contributed by atoms with Crippen LogP contribution < -0.4 is 0 Å². The minimum absolute atomic E-state index is 0.685. The zero-order valence-electron chi connectivity index (χ0n) is 2.77. The normalized spacial score (nSPS) is 6.40. The summed E-state index contributed by atoms with van der Waals surface area (Å²) < 4.78 is 1.000. The second-order valence-electron chi connectivity index (χ2n) is 0.586. The van der Waals surface area contributed by atoms with Crippen molar-refractivity contribution in [3.8, 4) is 0 Å². The maximum absolute atomic E-state index is 6.23. The Balaban J connectivity index is 2.48. The molecule has 5 heavy (non-hydrogen) atoms. The monoisotopic (exact) mass is 184 g/mol. The molecule has 0 saturated carbocycles. The summed E-state index contributed by atoms with van der Waals surface area (Å²) in [5.74, 6) is 0. The number of hydrogen-bond donors (Lipinski definition) is 0. The first-order valence-electron chi connectivity index (χ1n) is 1.33. The van der Waals surface area contributed by atoms with Gasteiger partial charge in [-0.05, 0) is 0 Å². The van der Waals surface area contributed by atoms with E-state index in [4.69, 9.17) is 6.57 Å².